The molecule has 0 amide bonds. The van der Waals surface area contributed by atoms with Crippen molar-refractivity contribution >= 4 is 22.6 Å². The average Bonchev–Trinajstić information content (AvgIpc) is 3.38. The predicted octanol–water partition coefficient (Wildman–Crippen LogP) is 0.609. The van der Waals surface area contributed by atoms with E-state index in [1.54, 1.807) is 6.07 Å². The van der Waals surface area contributed by atoms with Crippen LogP contribution in [0.5, 0.6) is 0 Å². The molecule has 1 aliphatic carbocycles. The van der Waals surface area contributed by atoms with Gasteiger partial charge in [-0.15, -0.1) is 5.59 Å². The molecule has 1 aromatic carbocycles. The monoisotopic (exact) mass is 405 g/mol. The van der Waals surface area contributed by atoms with Gasteiger partial charge < -0.3 is 19.9 Å². The summed E-state index contributed by atoms with van der Waals surface area (Å²) in [4.78, 5) is 30.3. The van der Waals surface area contributed by atoms with Crippen LogP contribution in [0.15, 0.2) is 23.1 Å². The number of nitrogens with zero attached hydrogens (tertiary/aromatic N) is 2. The molecular weight excluding hydrogens is 381 g/mol. The number of halogens is 1. The van der Waals surface area contributed by atoms with E-state index in [1.807, 2.05) is 9.47 Å². The van der Waals surface area contributed by atoms with Gasteiger partial charge in [-0.2, -0.15) is 0 Å². The van der Waals surface area contributed by atoms with E-state index in [-0.39, 0.29) is 17.0 Å². The lowest BCUT2D eigenvalue weighted by Crippen LogP contribution is -2.43. The summed E-state index contributed by atoms with van der Waals surface area (Å²) < 4.78 is 16.4. The highest BCUT2D eigenvalue weighted by molar-refractivity contribution is 5.93. The Labute approximate surface area is 166 Å². The number of carboxylic acids is 1. The molecule has 3 fully saturated rings. The Morgan fingerprint density at radius 2 is 1.97 bits per heavy atom. The zero-order valence-corrected chi connectivity index (χ0v) is 15.9. The fourth-order valence-corrected chi connectivity index (χ4v) is 3.57. The average molecular weight is 405 g/mol. The van der Waals surface area contributed by atoms with Gasteiger partial charge in [0.25, 0.3) is 0 Å². The van der Waals surface area contributed by atoms with Crippen LogP contribution in [0.3, 0.4) is 0 Å². The number of pyridine rings is 1. The molecule has 4 N–H and O–H groups in total. The lowest BCUT2D eigenvalue weighted by molar-refractivity contribution is 0.0695. The molecule has 29 heavy (non-hydrogen) atoms. The van der Waals surface area contributed by atoms with Crippen LogP contribution < -0.4 is 26.7 Å². The highest BCUT2D eigenvalue weighted by Gasteiger charge is 2.28. The molecule has 2 saturated heterocycles. The summed E-state index contributed by atoms with van der Waals surface area (Å²) in [6.07, 6.45) is 3.29. The number of aromatic nitrogens is 1. The van der Waals surface area contributed by atoms with Crippen LogP contribution in [0, 0.1) is 5.82 Å². The number of hydrogen-bond donors (Lipinski definition) is 4. The number of hydrazine groups is 1. The molecule has 1 aromatic heterocycles. The highest BCUT2D eigenvalue weighted by atomic mass is 19.1. The third kappa shape index (κ3) is 4.25. The lowest BCUT2D eigenvalue weighted by atomic mass is 10.1. The van der Waals surface area contributed by atoms with Gasteiger partial charge in [-0.3, -0.25) is 9.63 Å². The van der Waals surface area contributed by atoms with Crippen molar-refractivity contribution in [1.82, 2.24) is 20.9 Å². The first-order valence-corrected chi connectivity index (χ1v) is 9.73. The molecule has 0 unspecified atom stereocenters. The van der Waals surface area contributed by atoms with E-state index in [0.29, 0.717) is 24.3 Å². The number of aromatic carboxylic acids is 1. The van der Waals surface area contributed by atoms with E-state index < -0.39 is 17.2 Å². The van der Waals surface area contributed by atoms with Gasteiger partial charge >= 0.3 is 5.97 Å². The van der Waals surface area contributed by atoms with Crippen molar-refractivity contribution in [1.29, 1.82) is 0 Å². The Morgan fingerprint density at radius 3 is 2.52 bits per heavy atom. The molecule has 2 aliphatic heterocycles. The van der Waals surface area contributed by atoms with Gasteiger partial charge in [0.15, 0.2) is 0 Å². The Hall–Kier alpha value is -2.53. The van der Waals surface area contributed by atoms with Crippen LogP contribution in [-0.4, -0.2) is 55.0 Å². The number of fused-ring (bicyclic) bond motifs is 1. The van der Waals surface area contributed by atoms with Crippen molar-refractivity contribution in [2.24, 2.45) is 0 Å². The second-order valence-corrected chi connectivity index (χ2v) is 7.25. The topological polar surface area (TPSA) is 108 Å². The van der Waals surface area contributed by atoms with Crippen molar-refractivity contribution in [2.75, 3.05) is 44.2 Å². The maximum atomic E-state index is 14.6. The van der Waals surface area contributed by atoms with Gasteiger partial charge in [0, 0.05) is 50.3 Å². The maximum Gasteiger partial charge on any atom is 0.341 e. The van der Waals surface area contributed by atoms with E-state index >= 15 is 0 Å². The minimum absolute atomic E-state index is 0.137. The van der Waals surface area contributed by atoms with Gasteiger partial charge in [0.2, 0.25) is 5.43 Å². The van der Waals surface area contributed by atoms with Gasteiger partial charge in [-0.1, -0.05) is 0 Å². The Balaban J connectivity index is 0.000000359. The Morgan fingerprint density at radius 1 is 1.21 bits per heavy atom. The zero-order chi connectivity index (χ0) is 20.4. The summed E-state index contributed by atoms with van der Waals surface area (Å²) in [5.41, 5.74) is 5.38. The van der Waals surface area contributed by atoms with Crippen molar-refractivity contribution in [2.45, 2.75) is 18.9 Å². The molecule has 0 radical (unpaired) electrons. The van der Waals surface area contributed by atoms with Crippen molar-refractivity contribution in [3.8, 4) is 0 Å². The minimum Gasteiger partial charge on any atom is -0.477 e. The molecule has 2 aromatic rings. The number of benzene rings is 1. The molecule has 10 heteroatoms. The van der Waals surface area contributed by atoms with Crippen LogP contribution in [-0.2, 0) is 4.84 Å². The predicted molar refractivity (Wildman–Crippen MR) is 106 cm³/mol. The second-order valence-electron chi connectivity index (χ2n) is 7.25. The standard InChI is InChI=1S/C17H18FN3O3.C2H6N2O/c18-13-7-11-14(8-15(13)20-5-3-19-4-6-20)21(10-1-2-10)9-12(16(11)22)17(23)24;1-2-5-4-3-1/h7-10,19H,1-6H2,(H,23,24);3-4H,1-2H2. The number of carboxylic acid groups (broad SMARTS) is 1. The minimum atomic E-state index is -1.28. The molecule has 3 heterocycles. The summed E-state index contributed by atoms with van der Waals surface area (Å²) in [6.45, 7) is 4.66. The smallest absolute Gasteiger partial charge is 0.341 e. The van der Waals surface area contributed by atoms with E-state index in [4.69, 9.17) is 0 Å². The molecule has 0 spiro atoms. The molecule has 156 valence electrons. The molecule has 0 bridgehead atoms. The molecular formula is C19H24FN5O4. The van der Waals surface area contributed by atoms with Gasteiger partial charge in [-0.05, 0) is 25.0 Å². The number of rotatable bonds is 3. The zero-order valence-electron chi connectivity index (χ0n) is 15.9. The summed E-state index contributed by atoms with van der Waals surface area (Å²) in [5.74, 6) is -1.76. The Bertz CT molecular complexity index is 958. The van der Waals surface area contributed by atoms with Crippen LogP contribution in [0.4, 0.5) is 10.1 Å². The van der Waals surface area contributed by atoms with Gasteiger partial charge in [0.1, 0.15) is 11.4 Å². The SMILES string of the molecule is C1CONN1.O=C(O)c1cn(C2CC2)c2cc(N3CCNCC3)c(F)cc2c1=O. The fourth-order valence-electron chi connectivity index (χ4n) is 3.57. The van der Waals surface area contributed by atoms with Crippen molar-refractivity contribution in [3.05, 3.63) is 39.9 Å². The van der Waals surface area contributed by atoms with Crippen LogP contribution >= 0.6 is 0 Å². The summed E-state index contributed by atoms with van der Waals surface area (Å²) >= 11 is 0. The van der Waals surface area contributed by atoms with Crippen LogP contribution in [0.25, 0.3) is 10.9 Å². The first-order chi connectivity index (χ1) is 14.1. The number of hydrogen-bond acceptors (Lipinski definition) is 7. The van der Waals surface area contributed by atoms with E-state index in [9.17, 15) is 19.1 Å². The third-order valence-corrected chi connectivity index (χ3v) is 5.20. The molecule has 9 nitrogen and oxygen atoms in total. The lowest BCUT2D eigenvalue weighted by Gasteiger charge is -2.30. The summed E-state index contributed by atoms with van der Waals surface area (Å²) in [6, 6.07) is 3.08. The normalized spacial score (nSPS) is 19.1. The van der Waals surface area contributed by atoms with E-state index in [0.717, 1.165) is 39.1 Å². The van der Waals surface area contributed by atoms with Gasteiger partial charge in [0.05, 0.1) is 17.8 Å². The van der Waals surface area contributed by atoms with E-state index in [2.05, 4.69) is 21.2 Å². The van der Waals surface area contributed by atoms with Crippen LogP contribution in [0.1, 0.15) is 29.2 Å². The first-order valence-electron chi connectivity index (χ1n) is 9.73. The second kappa shape index (κ2) is 8.46. The molecule has 0 atom stereocenters. The number of nitrogens with one attached hydrogen (secondary N) is 3. The fraction of sp³-hybridized carbons (Fsp3) is 0.474. The quantitative estimate of drug-likeness (QED) is 0.588. The molecule has 5 rings (SSSR count). The third-order valence-electron chi connectivity index (χ3n) is 5.20. The largest absolute Gasteiger partial charge is 0.477 e. The van der Waals surface area contributed by atoms with Crippen molar-refractivity contribution < 1.29 is 19.1 Å². The van der Waals surface area contributed by atoms with Gasteiger partial charge in [-0.25, -0.2) is 14.6 Å². The summed E-state index contributed by atoms with van der Waals surface area (Å²) in [5, 5.41) is 12.6. The maximum absolute atomic E-state index is 14.6. The molecule has 3 aliphatic rings. The summed E-state index contributed by atoms with van der Waals surface area (Å²) in [7, 11) is 0. The first kappa shape index (κ1) is 19.8. The van der Waals surface area contributed by atoms with E-state index in [1.165, 1.54) is 12.3 Å². The number of carbonyl (C=O) groups is 1. The number of piperazine rings is 1. The molecule has 1 saturated carbocycles. The van der Waals surface area contributed by atoms with Crippen LogP contribution in [0.2, 0.25) is 0 Å². The van der Waals surface area contributed by atoms with Crippen molar-refractivity contribution in [3.63, 3.8) is 0 Å². The number of anilines is 1. The highest BCUT2D eigenvalue weighted by Crippen LogP contribution is 2.38. The Kier molecular flexibility index (Phi) is 5.76.